The highest BCUT2D eigenvalue weighted by Crippen LogP contribution is 2.43. The largest absolute Gasteiger partial charge is 0.366 e. The van der Waals surface area contributed by atoms with Gasteiger partial charge in [-0.15, -0.1) is 0 Å². The molecule has 0 bridgehead atoms. The van der Waals surface area contributed by atoms with E-state index in [1.54, 1.807) is 0 Å². The lowest BCUT2D eigenvalue weighted by molar-refractivity contribution is -0.127. The molecule has 0 N–H and O–H groups in total. The minimum Gasteiger partial charge on any atom is -0.366 e. The number of benzene rings is 2. The first-order valence-corrected chi connectivity index (χ1v) is 11.9. The average molecular weight is 442 g/mol. The van der Waals surface area contributed by atoms with Gasteiger partial charge in [-0.3, -0.25) is 9.59 Å². The van der Waals surface area contributed by atoms with Crippen molar-refractivity contribution in [3.05, 3.63) is 94.7 Å². The smallest absolute Gasteiger partial charge is 0.167 e. The second kappa shape index (κ2) is 9.13. The van der Waals surface area contributed by atoms with Gasteiger partial charge in [0.15, 0.2) is 11.6 Å². The third kappa shape index (κ3) is 5.71. The number of hydrogen-bond acceptors (Lipinski definition) is 3. The molecule has 0 spiro atoms. The SMILES string of the molecule is CC1(C)CC(=O)C(=C2C=C(N(Cc3ccccc3)Cc3ccccc3)CC(C)(C)C2)C(=O)C1. The first kappa shape index (κ1) is 23.2. The number of hydrogen-bond donors (Lipinski definition) is 0. The Morgan fingerprint density at radius 2 is 1.12 bits per heavy atom. The van der Waals surface area contributed by atoms with Crippen LogP contribution in [0.2, 0.25) is 0 Å². The van der Waals surface area contributed by atoms with E-state index in [9.17, 15) is 9.59 Å². The van der Waals surface area contributed by atoms with E-state index >= 15 is 0 Å². The highest BCUT2D eigenvalue weighted by Gasteiger charge is 2.39. The van der Waals surface area contributed by atoms with Crippen LogP contribution in [-0.2, 0) is 22.7 Å². The van der Waals surface area contributed by atoms with Gasteiger partial charge in [0.2, 0.25) is 0 Å². The molecule has 0 atom stereocenters. The molecule has 4 rings (SSSR count). The summed E-state index contributed by atoms with van der Waals surface area (Å²) in [4.78, 5) is 28.5. The minimum atomic E-state index is -0.248. The summed E-state index contributed by atoms with van der Waals surface area (Å²) in [6, 6.07) is 21.0. The molecule has 0 amide bonds. The van der Waals surface area contributed by atoms with Crippen LogP contribution in [0.15, 0.2) is 83.6 Å². The van der Waals surface area contributed by atoms with E-state index in [2.05, 4.69) is 73.4 Å². The van der Waals surface area contributed by atoms with Crippen LogP contribution in [0.25, 0.3) is 0 Å². The summed E-state index contributed by atoms with van der Waals surface area (Å²) in [5.41, 5.74) is 4.81. The lowest BCUT2D eigenvalue weighted by Gasteiger charge is -2.39. The Hall–Kier alpha value is -2.94. The summed E-state index contributed by atoms with van der Waals surface area (Å²) in [6.07, 6.45) is 4.71. The zero-order valence-corrected chi connectivity index (χ0v) is 20.4. The quantitative estimate of drug-likeness (QED) is 0.385. The Balaban J connectivity index is 1.75. The summed E-state index contributed by atoms with van der Waals surface area (Å²) in [5, 5.41) is 0. The van der Waals surface area contributed by atoms with Gasteiger partial charge in [0, 0.05) is 31.6 Å². The fourth-order valence-corrected chi connectivity index (χ4v) is 5.22. The predicted molar refractivity (Wildman–Crippen MR) is 133 cm³/mol. The highest BCUT2D eigenvalue weighted by atomic mass is 16.2. The number of nitrogens with zero attached hydrogens (tertiary/aromatic N) is 1. The third-order valence-corrected chi connectivity index (χ3v) is 6.67. The van der Waals surface area contributed by atoms with Gasteiger partial charge in [-0.25, -0.2) is 0 Å². The minimum absolute atomic E-state index is 0.0113. The van der Waals surface area contributed by atoms with Crippen molar-refractivity contribution in [3.8, 4) is 0 Å². The third-order valence-electron chi connectivity index (χ3n) is 6.67. The molecular formula is C30H35NO2. The number of carbonyl (C=O) groups excluding carboxylic acids is 2. The Bertz CT molecular complexity index is 1030. The van der Waals surface area contributed by atoms with Crippen molar-refractivity contribution in [1.29, 1.82) is 0 Å². The first-order valence-electron chi connectivity index (χ1n) is 11.9. The molecule has 2 aliphatic rings. The zero-order chi connectivity index (χ0) is 23.6. The van der Waals surface area contributed by atoms with E-state index in [0.29, 0.717) is 18.4 Å². The van der Waals surface area contributed by atoms with E-state index < -0.39 is 0 Å². The van der Waals surface area contributed by atoms with Crippen molar-refractivity contribution in [2.75, 3.05) is 0 Å². The van der Waals surface area contributed by atoms with Gasteiger partial charge in [-0.2, -0.15) is 0 Å². The zero-order valence-electron chi connectivity index (χ0n) is 20.4. The van der Waals surface area contributed by atoms with Gasteiger partial charge in [-0.05, 0) is 46.4 Å². The first-order chi connectivity index (χ1) is 15.6. The van der Waals surface area contributed by atoms with Gasteiger partial charge >= 0.3 is 0 Å². The normalized spacial score (nSPS) is 19.9. The fraction of sp³-hybridized carbons (Fsp3) is 0.400. The van der Waals surface area contributed by atoms with Crippen LogP contribution in [0.1, 0.15) is 64.5 Å². The van der Waals surface area contributed by atoms with Crippen LogP contribution in [0.3, 0.4) is 0 Å². The number of rotatable bonds is 5. The van der Waals surface area contributed by atoms with Crippen LogP contribution in [0.4, 0.5) is 0 Å². The van der Waals surface area contributed by atoms with Crippen molar-refractivity contribution >= 4 is 11.6 Å². The van der Waals surface area contributed by atoms with Crippen molar-refractivity contribution in [2.45, 2.75) is 66.5 Å². The van der Waals surface area contributed by atoms with Crippen molar-refractivity contribution in [3.63, 3.8) is 0 Å². The number of Topliss-reactive ketones (excluding diaryl/α,β-unsaturated/α-hetero) is 2. The number of ketones is 2. The Morgan fingerprint density at radius 3 is 1.61 bits per heavy atom. The Labute approximate surface area is 198 Å². The second-order valence-electron chi connectivity index (χ2n) is 11.2. The molecule has 0 unspecified atom stereocenters. The maximum absolute atomic E-state index is 13.1. The Kier molecular flexibility index (Phi) is 6.43. The lowest BCUT2D eigenvalue weighted by Crippen LogP contribution is -2.34. The molecule has 0 heterocycles. The van der Waals surface area contributed by atoms with Crippen LogP contribution >= 0.6 is 0 Å². The molecule has 0 aromatic heterocycles. The molecule has 33 heavy (non-hydrogen) atoms. The molecule has 1 saturated carbocycles. The van der Waals surface area contributed by atoms with Gasteiger partial charge in [0.1, 0.15) is 0 Å². The fourth-order valence-electron chi connectivity index (χ4n) is 5.22. The number of carbonyl (C=O) groups is 2. The maximum atomic E-state index is 13.1. The van der Waals surface area contributed by atoms with E-state index in [-0.39, 0.29) is 22.4 Å². The summed E-state index contributed by atoms with van der Waals surface area (Å²) in [6.45, 7) is 10.1. The maximum Gasteiger partial charge on any atom is 0.167 e. The van der Waals surface area contributed by atoms with Crippen molar-refractivity contribution < 1.29 is 9.59 Å². The van der Waals surface area contributed by atoms with Gasteiger partial charge < -0.3 is 4.90 Å². The summed E-state index contributed by atoms with van der Waals surface area (Å²) in [5.74, 6) is 0.0226. The molecule has 2 aliphatic carbocycles. The van der Waals surface area contributed by atoms with Crippen molar-refractivity contribution in [2.24, 2.45) is 10.8 Å². The van der Waals surface area contributed by atoms with E-state index in [1.807, 2.05) is 26.0 Å². The second-order valence-corrected chi connectivity index (χ2v) is 11.2. The van der Waals surface area contributed by atoms with Crippen LogP contribution in [0, 0.1) is 10.8 Å². The Morgan fingerprint density at radius 1 is 0.667 bits per heavy atom. The summed E-state index contributed by atoms with van der Waals surface area (Å²) < 4.78 is 0. The molecule has 2 aromatic carbocycles. The topological polar surface area (TPSA) is 37.4 Å². The molecule has 3 nitrogen and oxygen atoms in total. The summed E-state index contributed by atoms with van der Waals surface area (Å²) in [7, 11) is 0. The average Bonchev–Trinajstić information content (AvgIpc) is 2.72. The molecule has 0 aliphatic heterocycles. The van der Waals surface area contributed by atoms with E-state index in [0.717, 1.165) is 31.5 Å². The van der Waals surface area contributed by atoms with Gasteiger partial charge in [0.25, 0.3) is 0 Å². The molecule has 1 fully saturated rings. The van der Waals surface area contributed by atoms with Gasteiger partial charge in [-0.1, -0.05) is 88.4 Å². The van der Waals surface area contributed by atoms with E-state index in [1.165, 1.54) is 16.8 Å². The van der Waals surface area contributed by atoms with Crippen LogP contribution in [-0.4, -0.2) is 16.5 Å². The molecule has 2 aromatic rings. The van der Waals surface area contributed by atoms with Crippen LogP contribution in [0.5, 0.6) is 0 Å². The predicted octanol–water partition coefficient (Wildman–Crippen LogP) is 6.65. The molecule has 172 valence electrons. The molecular weight excluding hydrogens is 406 g/mol. The number of allylic oxidation sites excluding steroid dienone is 4. The highest BCUT2D eigenvalue weighted by molar-refractivity contribution is 6.23. The standard InChI is InChI=1S/C30H35NO2/c1-29(2)16-24(28-26(32)18-30(3,4)19-27(28)33)15-25(17-29)31(20-22-11-7-5-8-12-22)21-23-13-9-6-10-14-23/h5-15H,16-21H2,1-4H3. The molecule has 3 heteroatoms. The van der Waals surface area contributed by atoms with E-state index in [4.69, 9.17) is 0 Å². The summed E-state index contributed by atoms with van der Waals surface area (Å²) >= 11 is 0. The van der Waals surface area contributed by atoms with Crippen molar-refractivity contribution in [1.82, 2.24) is 4.90 Å². The monoisotopic (exact) mass is 441 g/mol. The lowest BCUT2D eigenvalue weighted by atomic mass is 9.69. The van der Waals surface area contributed by atoms with Crippen LogP contribution < -0.4 is 0 Å². The molecule has 0 saturated heterocycles. The van der Waals surface area contributed by atoms with Gasteiger partial charge in [0.05, 0.1) is 5.57 Å². The molecule has 0 radical (unpaired) electrons.